The van der Waals surface area contributed by atoms with Crippen LogP contribution in [0.1, 0.15) is 65.0 Å². The van der Waals surface area contributed by atoms with E-state index in [1.807, 2.05) is 0 Å². The molecule has 1 aliphatic rings. The van der Waals surface area contributed by atoms with Crippen LogP contribution < -0.4 is 15.5 Å². The van der Waals surface area contributed by atoms with Crippen LogP contribution in [0.25, 0.3) is 0 Å². The molecule has 1 aliphatic heterocycles. The molecule has 0 amide bonds. The van der Waals surface area contributed by atoms with Crippen LogP contribution in [-0.2, 0) is 6.42 Å². The fourth-order valence-corrected chi connectivity index (χ4v) is 4.47. The molecule has 0 spiro atoms. The summed E-state index contributed by atoms with van der Waals surface area (Å²) in [4.78, 5) is 11.8. The number of aliphatic imine (C=N–C) groups is 1. The van der Waals surface area contributed by atoms with Crippen LogP contribution in [0.5, 0.6) is 0 Å². The van der Waals surface area contributed by atoms with E-state index in [-0.39, 0.29) is 0 Å². The van der Waals surface area contributed by atoms with E-state index in [9.17, 15) is 5.11 Å². The zero-order valence-corrected chi connectivity index (χ0v) is 18.1. The number of thiazole rings is 1. The fourth-order valence-electron chi connectivity index (χ4n) is 3.56. The molecule has 0 aliphatic carbocycles. The minimum absolute atomic E-state index is 0.444. The van der Waals surface area contributed by atoms with Gasteiger partial charge in [0.25, 0.3) is 0 Å². The molecule has 1 aromatic heterocycles. The van der Waals surface area contributed by atoms with E-state index in [0.29, 0.717) is 6.54 Å². The van der Waals surface area contributed by atoms with Gasteiger partial charge in [0.2, 0.25) is 0 Å². The third-order valence-electron chi connectivity index (χ3n) is 4.90. The van der Waals surface area contributed by atoms with Crippen molar-refractivity contribution in [2.75, 3.05) is 37.6 Å². The number of rotatable bonds is 11. The molecule has 1 fully saturated rings. The first-order chi connectivity index (χ1) is 13.1. The first-order valence-corrected chi connectivity index (χ1v) is 11.4. The van der Waals surface area contributed by atoms with Crippen molar-refractivity contribution in [3.63, 3.8) is 0 Å². The first kappa shape index (κ1) is 22.0. The molecule has 6 nitrogen and oxygen atoms in total. The minimum atomic E-state index is -0.689. The van der Waals surface area contributed by atoms with Crippen molar-refractivity contribution in [3.8, 4) is 0 Å². The number of guanidine groups is 1. The zero-order chi connectivity index (χ0) is 19.5. The molecule has 2 rings (SSSR count). The van der Waals surface area contributed by atoms with Crippen LogP contribution >= 0.6 is 11.3 Å². The molecular weight excluding hydrogens is 358 g/mol. The Balaban J connectivity index is 1.84. The lowest BCUT2D eigenvalue weighted by atomic mass is 9.93. The van der Waals surface area contributed by atoms with Crippen molar-refractivity contribution < 1.29 is 5.11 Å². The van der Waals surface area contributed by atoms with Gasteiger partial charge in [0.15, 0.2) is 11.1 Å². The molecule has 0 radical (unpaired) electrons. The summed E-state index contributed by atoms with van der Waals surface area (Å²) < 4.78 is 0. The standard InChI is InChI=1S/C20H37N5OS/c1-4-10-20(26,11-5-2)16-23-18(21-6-3)22-12-9-17-15-27-19(24-17)25-13-7-8-14-25/h15,26H,4-14,16H2,1-3H3,(H2,21,22,23). The summed E-state index contributed by atoms with van der Waals surface area (Å²) in [6.45, 7) is 10.6. The van der Waals surface area contributed by atoms with Crippen molar-refractivity contribution in [1.29, 1.82) is 0 Å². The topological polar surface area (TPSA) is 72.8 Å². The molecule has 1 aromatic rings. The largest absolute Gasteiger partial charge is 0.388 e. The average Bonchev–Trinajstić information content (AvgIpc) is 3.32. The smallest absolute Gasteiger partial charge is 0.191 e. The Kier molecular flexibility index (Phi) is 9.34. The van der Waals surface area contributed by atoms with Crippen LogP contribution in [0.15, 0.2) is 10.4 Å². The lowest BCUT2D eigenvalue weighted by Gasteiger charge is -2.26. The second kappa shape index (κ2) is 11.5. The van der Waals surface area contributed by atoms with Gasteiger partial charge in [0, 0.05) is 38.0 Å². The summed E-state index contributed by atoms with van der Waals surface area (Å²) in [5.41, 5.74) is 0.449. The van der Waals surface area contributed by atoms with Gasteiger partial charge in [-0.25, -0.2) is 4.98 Å². The molecule has 2 heterocycles. The summed E-state index contributed by atoms with van der Waals surface area (Å²) >= 11 is 1.75. The van der Waals surface area contributed by atoms with E-state index in [2.05, 4.69) is 46.7 Å². The highest BCUT2D eigenvalue weighted by molar-refractivity contribution is 7.13. The summed E-state index contributed by atoms with van der Waals surface area (Å²) in [6.07, 6.45) is 6.97. The van der Waals surface area contributed by atoms with Gasteiger partial charge in [-0.15, -0.1) is 11.3 Å². The molecule has 0 bridgehead atoms. The number of aliphatic hydroxyl groups is 1. The van der Waals surface area contributed by atoms with Gasteiger partial charge in [-0.05, 0) is 32.6 Å². The number of nitrogens with one attached hydrogen (secondary N) is 2. The maximum absolute atomic E-state index is 10.8. The van der Waals surface area contributed by atoms with E-state index in [0.717, 1.165) is 75.1 Å². The number of aromatic nitrogens is 1. The number of hydrogen-bond acceptors (Lipinski definition) is 5. The molecule has 27 heavy (non-hydrogen) atoms. The van der Waals surface area contributed by atoms with Crippen molar-refractivity contribution in [2.45, 2.75) is 71.3 Å². The third kappa shape index (κ3) is 7.30. The summed E-state index contributed by atoms with van der Waals surface area (Å²) in [5, 5.41) is 20.8. The third-order valence-corrected chi connectivity index (χ3v) is 5.85. The molecule has 0 atom stereocenters. The molecule has 7 heteroatoms. The summed E-state index contributed by atoms with van der Waals surface area (Å²) in [5.74, 6) is 0.776. The second-order valence-electron chi connectivity index (χ2n) is 7.41. The van der Waals surface area contributed by atoms with Crippen molar-refractivity contribution in [1.82, 2.24) is 15.6 Å². The molecule has 1 saturated heterocycles. The van der Waals surface area contributed by atoms with Gasteiger partial charge in [-0.3, -0.25) is 4.99 Å². The van der Waals surface area contributed by atoms with Crippen LogP contribution in [0, 0.1) is 0 Å². The lowest BCUT2D eigenvalue weighted by molar-refractivity contribution is 0.0306. The van der Waals surface area contributed by atoms with E-state index >= 15 is 0 Å². The maximum Gasteiger partial charge on any atom is 0.191 e. The highest BCUT2D eigenvalue weighted by Crippen LogP contribution is 2.24. The molecule has 154 valence electrons. The van der Waals surface area contributed by atoms with E-state index in [1.165, 1.54) is 12.8 Å². The predicted octanol–water partition coefficient (Wildman–Crippen LogP) is 3.17. The zero-order valence-electron chi connectivity index (χ0n) is 17.3. The van der Waals surface area contributed by atoms with Crippen molar-refractivity contribution in [2.24, 2.45) is 4.99 Å². The van der Waals surface area contributed by atoms with E-state index in [4.69, 9.17) is 4.98 Å². The van der Waals surface area contributed by atoms with E-state index < -0.39 is 5.60 Å². The van der Waals surface area contributed by atoms with Crippen LogP contribution in [0.4, 0.5) is 5.13 Å². The fraction of sp³-hybridized carbons (Fsp3) is 0.800. The number of anilines is 1. The Morgan fingerprint density at radius 1 is 1.22 bits per heavy atom. The SMILES string of the molecule is CCCC(O)(CCC)CN=C(NCC)NCCc1csc(N2CCCC2)n1. The van der Waals surface area contributed by atoms with Crippen LogP contribution in [0.3, 0.4) is 0 Å². The monoisotopic (exact) mass is 395 g/mol. The van der Waals surface area contributed by atoms with E-state index in [1.54, 1.807) is 11.3 Å². The Hall–Kier alpha value is -1.34. The lowest BCUT2D eigenvalue weighted by Crippen LogP contribution is -2.40. The van der Waals surface area contributed by atoms with Gasteiger partial charge in [0.1, 0.15) is 0 Å². The van der Waals surface area contributed by atoms with Crippen molar-refractivity contribution >= 4 is 22.4 Å². The molecule has 0 aromatic carbocycles. The van der Waals surface area contributed by atoms with Gasteiger partial charge >= 0.3 is 0 Å². The number of nitrogens with zero attached hydrogens (tertiary/aromatic N) is 3. The van der Waals surface area contributed by atoms with Crippen LogP contribution in [-0.4, -0.2) is 54.4 Å². The molecule has 3 N–H and O–H groups in total. The Morgan fingerprint density at radius 2 is 1.93 bits per heavy atom. The minimum Gasteiger partial charge on any atom is -0.388 e. The Morgan fingerprint density at radius 3 is 2.56 bits per heavy atom. The van der Waals surface area contributed by atoms with Gasteiger partial charge in [-0.2, -0.15) is 0 Å². The maximum atomic E-state index is 10.8. The van der Waals surface area contributed by atoms with Gasteiger partial charge < -0.3 is 20.6 Å². The summed E-state index contributed by atoms with van der Waals surface area (Å²) in [6, 6.07) is 0. The predicted molar refractivity (Wildman–Crippen MR) is 116 cm³/mol. The highest BCUT2D eigenvalue weighted by atomic mass is 32.1. The number of hydrogen-bond donors (Lipinski definition) is 3. The molecule has 0 saturated carbocycles. The van der Waals surface area contributed by atoms with Gasteiger partial charge in [-0.1, -0.05) is 26.7 Å². The quantitative estimate of drug-likeness (QED) is 0.396. The average molecular weight is 396 g/mol. The normalized spacial score (nSPS) is 15.4. The Labute approximate surface area is 168 Å². The van der Waals surface area contributed by atoms with Crippen molar-refractivity contribution in [3.05, 3.63) is 11.1 Å². The second-order valence-corrected chi connectivity index (χ2v) is 8.25. The molecular formula is C20H37N5OS. The van der Waals surface area contributed by atoms with Gasteiger partial charge in [0.05, 0.1) is 17.8 Å². The summed E-state index contributed by atoms with van der Waals surface area (Å²) in [7, 11) is 0. The highest BCUT2D eigenvalue weighted by Gasteiger charge is 2.24. The Bertz CT molecular complexity index is 562. The first-order valence-electron chi connectivity index (χ1n) is 10.5. The molecule has 0 unspecified atom stereocenters. The van der Waals surface area contributed by atoms with Crippen LogP contribution in [0.2, 0.25) is 0 Å².